The summed E-state index contributed by atoms with van der Waals surface area (Å²) in [5.41, 5.74) is 3.31. The largest absolute Gasteiger partial charge is 0.493 e. The molecule has 5 nitrogen and oxygen atoms in total. The Labute approximate surface area is 166 Å². The minimum absolute atomic E-state index is 0.00367. The fourth-order valence-corrected chi connectivity index (χ4v) is 4.22. The van der Waals surface area contributed by atoms with Gasteiger partial charge in [0.15, 0.2) is 0 Å². The average molecular weight is 401 g/mol. The number of carboxylic acid groups (broad SMARTS) is 1. The van der Waals surface area contributed by atoms with Gasteiger partial charge in [-0.2, -0.15) is 0 Å². The first-order valence-electron chi connectivity index (χ1n) is 8.49. The maximum Gasteiger partial charge on any atom is 0.306 e. The van der Waals surface area contributed by atoms with Crippen molar-refractivity contribution in [2.45, 2.75) is 30.9 Å². The molecule has 0 aliphatic heterocycles. The summed E-state index contributed by atoms with van der Waals surface area (Å²) in [6.45, 7) is 4.20. The number of aliphatic carboxylic acids is 1. The lowest BCUT2D eigenvalue weighted by atomic mass is 10.2. The van der Waals surface area contributed by atoms with E-state index in [9.17, 15) is 4.79 Å². The molecule has 3 rings (SSSR count). The molecule has 27 heavy (non-hydrogen) atoms. The molecule has 0 bridgehead atoms. The van der Waals surface area contributed by atoms with Crippen LogP contribution in [0.15, 0.2) is 47.4 Å². The number of benzene rings is 2. The van der Waals surface area contributed by atoms with Gasteiger partial charge in [-0.25, -0.2) is 0 Å². The molecule has 1 N–H and O–H groups in total. The third-order valence-electron chi connectivity index (χ3n) is 3.85. The van der Waals surface area contributed by atoms with Crippen molar-refractivity contribution in [3.05, 3.63) is 58.6 Å². The number of hydrogen-bond donors (Lipinski definition) is 1. The summed E-state index contributed by atoms with van der Waals surface area (Å²) in [6.07, 6.45) is -0.00367. The van der Waals surface area contributed by atoms with Gasteiger partial charge in [0.05, 0.1) is 18.8 Å². The van der Waals surface area contributed by atoms with Crippen LogP contribution in [0.5, 0.6) is 5.75 Å². The molecule has 0 saturated carbocycles. The summed E-state index contributed by atoms with van der Waals surface area (Å²) in [4.78, 5) is 11.7. The van der Waals surface area contributed by atoms with Crippen LogP contribution >= 0.6 is 23.1 Å². The van der Waals surface area contributed by atoms with Gasteiger partial charge >= 0.3 is 5.97 Å². The molecule has 0 unspecified atom stereocenters. The standard InChI is InChI=1S/C20H20N2O3S2/c1-13-3-5-15(6-4-13)20-22-21-18(27-20)12-26-16-7-8-17(14(2)11-16)25-10-9-19(23)24/h3-8,11H,9-10,12H2,1-2H3,(H,23,24). The molecular formula is C20H20N2O3S2. The van der Waals surface area contributed by atoms with Crippen LogP contribution in [0.25, 0.3) is 10.6 Å². The summed E-state index contributed by atoms with van der Waals surface area (Å²) in [5, 5.41) is 19.2. The molecule has 1 heterocycles. The number of aromatic nitrogens is 2. The number of nitrogens with zero attached hydrogens (tertiary/aromatic N) is 2. The molecule has 0 atom stereocenters. The molecule has 1 aromatic heterocycles. The molecular weight excluding hydrogens is 380 g/mol. The molecule has 2 aromatic carbocycles. The van der Waals surface area contributed by atoms with Crippen molar-refractivity contribution in [2.24, 2.45) is 0 Å². The van der Waals surface area contributed by atoms with E-state index < -0.39 is 5.97 Å². The molecule has 0 aliphatic carbocycles. The number of hydrogen-bond acceptors (Lipinski definition) is 6. The SMILES string of the molecule is Cc1ccc(-c2nnc(CSc3ccc(OCCC(=O)O)c(C)c3)s2)cc1. The van der Waals surface area contributed by atoms with E-state index in [0.717, 1.165) is 37.5 Å². The third-order valence-corrected chi connectivity index (χ3v) is 6.01. The highest BCUT2D eigenvalue weighted by Crippen LogP contribution is 2.31. The zero-order valence-electron chi connectivity index (χ0n) is 15.1. The van der Waals surface area contributed by atoms with Gasteiger partial charge in [-0.3, -0.25) is 4.79 Å². The first kappa shape index (κ1) is 19.4. The second-order valence-corrected chi connectivity index (χ2v) is 8.19. The number of carbonyl (C=O) groups is 1. The van der Waals surface area contributed by atoms with E-state index in [4.69, 9.17) is 9.84 Å². The van der Waals surface area contributed by atoms with E-state index >= 15 is 0 Å². The second kappa shape index (κ2) is 9.01. The van der Waals surface area contributed by atoms with Crippen LogP contribution in [0.1, 0.15) is 22.6 Å². The Bertz CT molecular complexity index is 923. The number of aryl methyl sites for hydroxylation is 2. The first-order valence-corrected chi connectivity index (χ1v) is 10.3. The summed E-state index contributed by atoms with van der Waals surface area (Å²) in [7, 11) is 0. The van der Waals surface area contributed by atoms with Crippen LogP contribution in [0.4, 0.5) is 0 Å². The van der Waals surface area contributed by atoms with Crippen LogP contribution in [-0.2, 0) is 10.5 Å². The topological polar surface area (TPSA) is 72.3 Å². The fourth-order valence-electron chi connectivity index (χ4n) is 2.39. The van der Waals surface area contributed by atoms with Crippen molar-refractivity contribution < 1.29 is 14.6 Å². The zero-order chi connectivity index (χ0) is 19.2. The average Bonchev–Trinajstić information content (AvgIpc) is 3.11. The van der Waals surface area contributed by atoms with Gasteiger partial charge in [0.25, 0.3) is 0 Å². The minimum Gasteiger partial charge on any atom is -0.493 e. The maximum atomic E-state index is 10.6. The van der Waals surface area contributed by atoms with E-state index in [2.05, 4.69) is 41.4 Å². The first-order chi connectivity index (χ1) is 13.0. The molecule has 7 heteroatoms. The van der Waals surface area contributed by atoms with E-state index in [0.29, 0.717) is 0 Å². The summed E-state index contributed by atoms with van der Waals surface area (Å²) < 4.78 is 5.52. The van der Waals surface area contributed by atoms with Crippen LogP contribution in [-0.4, -0.2) is 27.9 Å². The molecule has 0 amide bonds. The Morgan fingerprint density at radius 3 is 2.63 bits per heavy atom. The lowest BCUT2D eigenvalue weighted by Gasteiger charge is -2.09. The van der Waals surface area contributed by atoms with Crippen LogP contribution in [0.2, 0.25) is 0 Å². The molecule has 0 radical (unpaired) electrons. The highest BCUT2D eigenvalue weighted by atomic mass is 32.2. The number of ether oxygens (including phenoxy) is 1. The number of carboxylic acids is 1. The predicted octanol–water partition coefficient (Wildman–Crippen LogP) is 4.97. The predicted molar refractivity (Wildman–Crippen MR) is 109 cm³/mol. The van der Waals surface area contributed by atoms with Gasteiger partial charge in [0.2, 0.25) is 0 Å². The van der Waals surface area contributed by atoms with Crippen molar-refractivity contribution in [1.29, 1.82) is 0 Å². The highest BCUT2D eigenvalue weighted by molar-refractivity contribution is 7.98. The van der Waals surface area contributed by atoms with E-state index in [1.807, 2.05) is 25.1 Å². The van der Waals surface area contributed by atoms with Crippen molar-refractivity contribution in [3.63, 3.8) is 0 Å². The normalized spacial score (nSPS) is 10.7. The summed E-state index contributed by atoms with van der Waals surface area (Å²) in [5.74, 6) is 0.613. The van der Waals surface area contributed by atoms with Crippen molar-refractivity contribution in [1.82, 2.24) is 10.2 Å². The van der Waals surface area contributed by atoms with E-state index in [-0.39, 0.29) is 13.0 Å². The van der Waals surface area contributed by atoms with Crippen molar-refractivity contribution in [3.8, 4) is 16.3 Å². The molecule has 0 fully saturated rings. The highest BCUT2D eigenvalue weighted by Gasteiger charge is 2.08. The van der Waals surface area contributed by atoms with E-state index in [1.54, 1.807) is 23.1 Å². The second-order valence-electron chi connectivity index (χ2n) is 6.08. The van der Waals surface area contributed by atoms with Gasteiger partial charge in [-0.05, 0) is 37.6 Å². The molecule has 3 aromatic rings. The number of rotatable bonds is 8. The number of thioether (sulfide) groups is 1. The van der Waals surface area contributed by atoms with Gasteiger partial charge in [0, 0.05) is 10.5 Å². The van der Waals surface area contributed by atoms with Crippen molar-refractivity contribution in [2.75, 3.05) is 6.61 Å². The Morgan fingerprint density at radius 1 is 1.15 bits per heavy atom. The Morgan fingerprint density at radius 2 is 1.93 bits per heavy atom. The van der Waals surface area contributed by atoms with Gasteiger partial charge in [-0.15, -0.1) is 22.0 Å². The van der Waals surface area contributed by atoms with Crippen LogP contribution in [0, 0.1) is 13.8 Å². The lowest BCUT2D eigenvalue weighted by molar-refractivity contribution is -0.137. The molecule has 0 aliphatic rings. The summed E-state index contributed by atoms with van der Waals surface area (Å²) in [6, 6.07) is 14.2. The summed E-state index contributed by atoms with van der Waals surface area (Å²) >= 11 is 3.30. The Kier molecular flexibility index (Phi) is 6.47. The molecule has 0 saturated heterocycles. The fraction of sp³-hybridized carbons (Fsp3) is 0.250. The van der Waals surface area contributed by atoms with Crippen LogP contribution < -0.4 is 4.74 Å². The minimum atomic E-state index is -0.859. The van der Waals surface area contributed by atoms with Crippen molar-refractivity contribution >= 4 is 29.1 Å². The monoisotopic (exact) mass is 400 g/mol. The maximum absolute atomic E-state index is 10.6. The third kappa shape index (κ3) is 5.55. The smallest absolute Gasteiger partial charge is 0.306 e. The van der Waals surface area contributed by atoms with E-state index in [1.165, 1.54) is 5.56 Å². The van der Waals surface area contributed by atoms with Gasteiger partial charge in [0.1, 0.15) is 15.8 Å². The Balaban J connectivity index is 1.58. The molecule has 140 valence electrons. The van der Waals surface area contributed by atoms with Crippen LogP contribution in [0.3, 0.4) is 0 Å². The Hall–Kier alpha value is -2.38. The molecule has 0 spiro atoms. The lowest BCUT2D eigenvalue weighted by Crippen LogP contribution is -2.05. The zero-order valence-corrected chi connectivity index (χ0v) is 16.8. The van der Waals surface area contributed by atoms with Gasteiger partial charge < -0.3 is 9.84 Å². The van der Waals surface area contributed by atoms with Gasteiger partial charge in [-0.1, -0.05) is 41.2 Å². The quantitative estimate of drug-likeness (QED) is 0.538.